The van der Waals surface area contributed by atoms with Crippen molar-refractivity contribution < 1.29 is 9.84 Å². The molecule has 0 aliphatic carbocycles. The molecule has 1 aromatic heterocycles. The van der Waals surface area contributed by atoms with E-state index < -0.39 is 6.10 Å². The van der Waals surface area contributed by atoms with Gasteiger partial charge in [-0.05, 0) is 29.2 Å². The summed E-state index contributed by atoms with van der Waals surface area (Å²) in [6.07, 6.45) is -0.701. The Kier molecular flexibility index (Phi) is 4.79. The second-order valence-electron chi connectivity index (χ2n) is 3.96. The standard InChI is InChI=1S/C13H12ClN3O2S/c1-19-9-4-2-8(3-5-9)11(18)7-16-13-10(6-15)12(14)17-20-13/h2-5,11,16,18H,7H2,1H3. The van der Waals surface area contributed by atoms with Crippen molar-refractivity contribution in [3.63, 3.8) is 0 Å². The van der Waals surface area contributed by atoms with E-state index in [4.69, 9.17) is 21.6 Å². The van der Waals surface area contributed by atoms with Crippen LogP contribution in [0.15, 0.2) is 24.3 Å². The number of hydrogen-bond acceptors (Lipinski definition) is 6. The van der Waals surface area contributed by atoms with E-state index in [9.17, 15) is 5.11 Å². The molecule has 0 amide bonds. The van der Waals surface area contributed by atoms with Crippen molar-refractivity contribution >= 4 is 28.1 Å². The molecule has 104 valence electrons. The quantitative estimate of drug-likeness (QED) is 0.888. The average molecular weight is 310 g/mol. The Labute approximate surface area is 125 Å². The molecule has 0 aliphatic heterocycles. The van der Waals surface area contributed by atoms with Crippen LogP contribution in [0.1, 0.15) is 17.2 Å². The van der Waals surface area contributed by atoms with Crippen LogP contribution in [-0.2, 0) is 0 Å². The zero-order valence-electron chi connectivity index (χ0n) is 10.6. The van der Waals surface area contributed by atoms with Crippen molar-refractivity contribution in [1.29, 1.82) is 5.26 Å². The smallest absolute Gasteiger partial charge is 0.162 e. The summed E-state index contributed by atoms with van der Waals surface area (Å²) in [4.78, 5) is 0. The first kappa shape index (κ1) is 14.6. The normalized spacial score (nSPS) is 11.7. The number of aliphatic hydroxyl groups is 1. The Morgan fingerprint density at radius 1 is 1.50 bits per heavy atom. The van der Waals surface area contributed by atoms with Crippen LogP contribution in [0.3, 0.4) is 0 Å². The van der Waals surface area contributed by atoms with Gasteiger partial charge in [-0.2, -0.15) is 9.64 Å². The average Bonchev–Trinajstić information content (AvgIpc) is 2.85. The van der Waals surface area contributed by atoms with E-state index in [0.717, 1.165) is 22.8 Å². The summed E-state index contributed by atoms with van der Waals surface area (Å²) in [5.41, 5.74) is 1.06. The van der Waals surface area contributed by atoms with E-state index in [0.29, 0.717) is 10.6 Å². The highest BCUT2D eigenvalue weighted by Gasteiger charge is 2.13. The van der Waals surface area contributed by atoms with E-state index in [2.05, 4.69) is 9.69 Å². The summed E-state index contributed by atoms with van der Waals surface area (Å²) in [6, 6.07) is 9.11. The van der Waals surface area contributed by atoms with Gasteiger partial charge in [-0.25, -0.2) is 0 Å². The van der Waals surface area contributed by atoms with Crippen molar-refractivity contribution in [1.82, 2.24) is 4.37 Å². The van der Waals surface area contributed by atoms with E-state index in [-0.39, 0.29) is 11.7 Å². The first-order valence-corrected chi connectivity index (χ1v) is 6.92. The lowest BCUT2D eigenvalue weighted by molar-refractivity contribution is 0.191. The van der Waals surface area contributed by atoms with E-state index in [1.54, 1.807) is 31.4 Å². The van der Waals surface area contributed by atoms with Gasteiger partial charge in [0, 0.05) is 6.54 Å². The molecule has 0 saturated heterocycles. The predicted octanol–water partition coefficient (Wildman–Crippen LogP) is 2.82. The number of halogens is 1. The van der Waals surface area contributed by atoms with Crippen LogP contribution < -0.4 is 10.1 Å². The molecule has 2 rings (SSSR count). The Morgan fingerprint density at radius 2 is 2.20 bits per heavy atom. The van der Waals surface area contributed by atoms with Crippen LogP contribution in [0.5, 0.6) is 5.75 Å². The molecule has 1 unspecified atom stereocenters. The number of benzene rings is 1. The molecule has 5 nitrogen and oxygen atoms in total. The molecule has 20 heavy (non-hydrogen) atoms. The van der Waals surface area contributed by atoms with Crippen molar-refractivity contribution in [3.05, 3.63) is 40.5 Å². The molecule has 0 radical (unpaired) electrons. The molecule has 1 heterocycles. The minimum absolute atomic E-state index is 0.180. The molecule has 1 atom stereocenters. The summed E-state index contributed by atoms with van der Waals surface area (Å²) >= 11 is 6.87. The minimum atomic E-state index is -0.701. The summed E-state index contributed by atoms with van der Waals surface area (Å²) < 4.78 is 8.94. The first-order chi connectivity index (χ1) is 9.65. The molecule has 7 heteroatoms. The summed E-state index contributed by atoms with van der Waals surface area (Å²) in [5.74, 6) is 0.731. The SMILES string of the molecule is COc1ccc(C(O)CNc2snc(Cl)c2C#N)cc1. The fraction of sp³-hybridized carbons (Fsp3) is 0.231. The fourth-order valence-corrected chi connectivity index (χ4v) is 2.56. The van der Waals surface area contributed by atoms with Gasteiger partial charge in [0.25, 0.3) is 0 Å². The van der Waals surface area contributed by atoms with Gasteiger partial charge >= 0.3 is 0 Å². The Balaban J connectivity index is 2.01. The minimum Gasteiger partial charge on any atom is -0.497 e. The third-order valence-corrected chi connectivity index (χ3v) is 3.90. The Bertz CT molecular complexity index is 622. The number of nitrogens with one attached hydrogen (secondary N) is 1. The van der Waals surface area contributed by atoms with Gasteiger partial charge in [0.15, 0.2) is 5.15 Å². The van der Waals surface area contributed by atoms with E-state index in [1.165, 1.54) is 0 Å². The zero-order chi connectivity index (χ0) is 14.5. The lowest BCUT2D eigenvalue weighted by Crippen LogP contribution is -2.11. The first-order valence-electron chi connectivity index (χ1n) is 5.77. The third-order valence-electron chi connectivity index (χ3n) is 2.72. The van der Waals surface area contributed by atoms with Crippen molar-refractivity contribution in [2.45, 2.75) is 6.10 Å². The van der Waals surface area contributed by atoms with Gasteiger partial charge in [-0.3, -0.25) is 0 Å². The highest BCUT2D eigenvalue weighted by molar-refractivity contribution is 7.10. The van der Waals surface area contributed by atoms with Crippen LogP contribution in [0.25, 0.3) is 0 Å². The summed E-state index contributed by atoms with van der Waals surface area (Å²) in [6.45, 7) is 0.263. The van der Waals surface area contributed by atoms with Gasteiger partial charge in [0.1, 0.15) is 22.4 Å². The fourth-order valence-electron chi connectivity index (χ4n) is 1.62. The van der Waals surface area contributed by atoms with E-state index >= 15 is 0 Å². The molecular formula is C13H12ClN3O2S. The van der Waals surface area contributed by atoms with Gasteiger partial charge in [-0.15, -0.1) is 0 Å². The number of ether oxygens (including phenoxy) is 1. The predicted molar refractivity (Wildman–Crippen MR) is 78.3 cm³/mol. The molecule has 0 fully saturated rings. The van der Waals surface area contributed by atoms with Crippen molar-refractivity contribution in [3.8, 4) is 11.8 Å². The summed E-state index contributed by atoms with van der Waals surface area (Å²) in [7, 11) is 1.59. The number of aromatic nitrogens is 1. The maximum atomic E-state index is 10.1. The van der Waals surface area contributed by atoms with Crippen molar-refractivity contribution in [2.24, 2.45) is 0 Å². The number of rotatable bonds is 5. The van der Waals surface area contributed by atoms with E-state index in [1.807, 2.05) is 6.07 Å². The zero-order valence-corrected chi connectivity index (χ0v) is 12.2. The number of hydrogen-bond donors (Lipinski definition) is 2. The molecular weight excluding hydrogens is 298 g/mol. The second kappa shape index (κ2) is 6.57. The lowest BCUT2D eigenvalue weighted by Gasteiger charge is -2.12. The summed E-state index contributed by atoms with van der Waals surface area (Å²) in [5, 5.41) is 22.7. The number of nitriles is 1. The molecule has 0 aliphatic rings. The third kappa shape index (κ3) is 3.20. The molecule has 1 aromatic carbocycles. The van der Waals surface area contributed by atoms with Gasteiger partial charge in [0.05, 0.1) is 13.2 Å². The Hall–Kier alpha value is -1.81. The monoisotopic (exact) mass is 309 g/mol. The molecule has 2 aromatic rings. The van der Waals surface area contributed by atoms with Crippen LogP contribution in [0, 0.1) is 11.3 Å². The lowest BCUT2D eigenvalue weighted by atomic mass is 10.1. The van der Waals surface area contributed by atoms with Gasteiger partial charge < -0.3 is 15.2 Å². The molecule has 0 bridgehead atoms. The number of aliphatic hydroxyl groups excluding tert-OH is 1. The van der Waals surface area contributed by atoms with Crippen LogP contribution in [0.2, 0.25) is 5.15 Å². The van der Waals surface area contributed by atoms with Crippen LogP contribution >= 0.6 is 23.1 Å². The van der Waals surface area contributed by atoms with Crippen molar-refractivity contribution in [2.75, 3.05) is 19.0 Å². The maximum absolute atomic E-state index is 10.1. The number of methoxy groups -OCH3 is 1. The number of anilines is 1. The van der Waals surface area contributed by atoms with Crippen LogP contribution in [-0.4, -0.2) is 23.1 Å². The highest BCUT2D eigenvalue weighted by atomic mass is 35.5. The molecule has 2 N–H and O–H groups in total. The number of nitrogens with zero attached hydrogens (tertiary/aromatic N) is 2. The highest BCUT2D eigenvalue weighted by Crippen LogP contribution is 2.28. The topological polar surface area (TPSA) is 78.2 Å². The van der Waals surface area contributed by atoms with Gasteiger partial charge in [-0.1, -0.05) is 23.7 Å². The largest absolute Gasteiger partial charge is 0.497 e. The molecule has 0 saturated carbocycles. The molecule has 0 spiro atoms. The maximum Gasteiger partial charge on any atom is 0.162 e. The van der Waals surface area contributed by atoms with Gasteiger partial charge in [0.2, 0.25) is 0 Å². The Morgan fingerprint density at radius 3 is 2.80 bits per heavy atom. The van der Waals surface area contributed by atoms with Crippen LogP contribution in [0.4, 0.5) is 5.00 Å². The second-order valence-corrected chi connectivity index (χ2v) is 5.09.